The monoisotopic (exact) mass is 418 g/mol. The summed E-state index contributed by atoms with van der Waals surface area (Å²) >= 11 is 0. The Morgan fingerprint density at radius 3 is 1.57 bits per heavy atom. The Morgan fingerprint density at radius 2 is 1.13 bits per heavy atom. The van der Waals surface area contributed by atoms with Crippen molar-refractivity contribution in [3.8, 4) is 11.5 Å². The maximum absolute atomic E-state index is 9.96. The normalized spacial score (nSPS) is 13.7. The standard InChI is InChI=1S/C24H34O6/c1-18-5-9-22(10-6-18)29-15-20(25)13-27-17-28-14-21(26)16-30-23-11-7-19(8-12-23)24(2,3)4/h5-12,20-21,25-26H,13-17H2,1-4H3. The van der Waals surface area contributed by atoms with Crippen molar-refractivity contribution in [2.75, 3.05) is 33.2 Å². The van der Waals surface area contributed by atoms with Gasteiger partial charge in [0.15, 0.2) is 0 Å². The lowest BCUT2D eigenvalue weighted by Crippen LogP contribution is -2.26. The number of benzene rings is 2. The van der Waals surface area contributed by atoms with Crippen LogP contribution in [-0.2, 0) is 14.9 Å². The number of aliphatic hydroxyl groups is 2. The van der Waals surface area contributed by atoms with E-state index in [1.165, 1.54) is 5.56 Å². The van der Waals surface area contributed by atoms with E-state index in [2.05, 4.69) is 20.8 Å². The first-order valence-electron chi connectivity index (χ1n) is 10.2. The molecule has 2 aromatic rings. The zero-order valence-corrected chi connectivity index (χ0v) is 18.3. The number of ether oxygens (including phenoxy) is 4. The second-order valence-corrected chi connectivity index (χ2v) is 8.38. The van der Waals surface area contributed by atoms with E-state index in [-0.39, 0.29) is 38.6 Å². The molecule has 0 fully saturated rings. The summed E-state index contributed by atoms with van der Waals surface area (Å²) in [6.45, 7) is 8.86. The molecule has 6 nitrogen and oxygen atoms in total. The molecule has 0 aliphatic carbocycles. The Labute approximate surface area is 179 Å². The van der Waals surface area contributed by atoms with Gasteiger partial charge in [0, 0.05) is 0 Å². The molecule has 0 saturated heterocycles. The van der Waals surface area contributed by atoms with Gasteiger partial charge in [0.25, 0.3) is 0 Å². The zero-order chi connectivity index (χ0) is 22.0. The van der Waals surface area contributed by atoms with Crippen molar-refractivity contribution < 1.29 is 29.2 Å². The lowest BCUT2D eigenvalue weighted by molar-refractivity contribution is -0.104. The van der Waals surface area contributed by atoms with Crippen molar-refractivity contribution in [1.82, 2.24) is 0 Å². The Kier molecular flexibility index (Phi) is 9.59. The van der Waals surface area contributed by atoms with Crippen LogP contribution in [0.1, 0.15) is 31.9 Å². The fraction of sp³-hybridized carbons (Fsp3) is 0.500. The summed E-state index contributed by atoms with van der Waals surface area (Å²) in [5.74, 6) is 1.40. The van der Waals surface area contributed by atoms with Gasteiger partial charge in [0.1, 0.15) is 43.7 Å². The van der Waals surface area contributed by atoms with Gasteiger partial charge < -0.3 is 29.2 Å². The highest BCUT2D eigenvalue weighted by atomic mass is 16.7. The Balaban J connectivity index is 1.53. The summed E-state index contributed by atoms with van der Waals surface area (Å²) in [5, 5.41) is 19.8. The zero-order valence-electron chi connectivity index (χ0n) is 18.3. The molecule has 0 bridgehead atoms. The first-order chi connectivity index (χ1) is 14.2. The summed E-state index contributed by atoms with van der Waals surface area (Å²) in [6, 6.07) is 15.5. The first kappa shape index (κ1) is 24.2. The molecule has 2 aromatic carbocycles. The van der Waals surface area contributed by atoms with Crippen LogP contribution in [-0.4, -0.2) is 55.6 Å². The van der Waals surface area contributed by atoms with Gasteiger partial charge in [0.2, 0.25) is 0 Å². The predicted octanol–water partition coefficient (Wildman–Crippen LogP) is 3.46. The van der Waals surface area contributed by atoms with E-state index in [1.807, 2.05) is 55.5 Å². The van der Waals surface area contributed by atoms with Crippen molar-refractivity contribution in [3.05, 3.63) is 59.7 Å². The minimum atomic E-state index is -0.773. The number of hydrogen-bond acceptors (Lipinski definition) is 6. The third-order valence-electron chi connectivity index (χ3n) is 4.41. The molecule has 2 atom stereocenters. The maximum Gasteiger partial charge on any atom is 0.146 e. The van der Waals surface area contributed by atoms with Gasteiger partial charge in [-0.2, -0.15) is 0 Å². The third-order valence-corrected chi connectivity index (χ3v) is 4.41. The molecule has 0 aromatic heterocycles. The Bertz CT molecular complexity index is 721. The molecule has 2 rings (SSSR count). The summed E-state index contributed by atoms with van der Waals surface area (Å²) in [4.78, 5) is 0. The van der Waals surface area contributed by atoms with Crippen LogP contribution in [0.15, 0.2) is 48.5 Å². The van der Waals surface area contributed by atoms with Gasteiger partial charge in [-0.3, -0.25) is 0 Å². The maximum atomic E-state index is 9.96. The molecule has 30 heavy (non-hydrogen) atoms. The number of aliphatic hydroxyl groups excluding tert-OH is 2. The summed E-state index contributed by atoms with van der Waals surface area (Å²) < 4.78 is 21.6. The van der Waals surface area contributed by atoms with Crippen molar-refractivity contribution in [2.24, 2.45) is 0 Å². The molecule has 0 aliphatic rings. The summed E-state index contributed by atoms with van der Waals surface area (Å²) in [5.41, 5.74) is 2.46. The second kappa shape index (κ2) is 11.9. The van der Waals surface area contributed by atoms with E-state index in [4.69, 9.17) is 18.9 Å². The van der Waals surface area contributed by atoms with Gasteiger partial charge in [-0.05, 0) is 42.2 Å². The fourth-order valence-electron chi connectivity index (χ4n) is 2.59. The SMILES string of the molecule is Cc1ccc(OCC(O)COCOCC(O)COc2ccc(C(C)(C)C)cc2)cc1. The largest absolute Gasteiger partial charge is 0.491 e. The number of aryl methyl sites for hydroxylation is 1. The van der Waals surface area contributed by atoms with E-state index < -0.39 is 12.2 Å². The smallest absolute Gasteiger partial charge is 0.146 e. The van der Waals surface area contributed by atoms with E-state index in [0.29, 0.717) is 11.5 Å². The van der Waals surface area contributed by atoms with Crippen LogP contribution in [0.3, 0.4) is 0 Å². The highest BCUT2D eigenvalue weighted by molar-refractivity contribution is 5.31. The molecule has 0 saturated carbocycles. The van der Waals surface area contributed by atoms with Crippen molar-refractivity contribution in [1.29, 1.82) is 0 Å². The van der Waals surface area contributed by atoms with Gasteiger partial charge in [0.05, 0.1) is 13.2 Å². The van der Waals surface area contributed by atoms with Crippen LogP contribution in [0.4, 0.5) is 0 Å². The fourth-order valence-corrected chi connectivity index (χ4v) is 2.59. The highest BCUT2D eigenvalue weighted by Gasteiger charge is 2.13. The van der Waals surface area contributed by atoms with Gasteiger partial charge >= 0.3 is 0 Å². The lowest BCUT2D eigenvalue weighted by atomic mass is 9.87. The predicted molar refractivity (Wildman–Crippen MR) is 116 cm³/mol. The number of hydrogen-bond donors (Lipinski definition) is 2. The van der Waals surface area contributed by atoms with Gasteiger partial charge in [-0.25, -0.2) is 0 Å². The van der Waals surface area contributed by atoms with Crippen molar-refractivity contribution in [3.63, 3.8) is 0 Å². The van der Waals surface area contributed by atoms with Crippen molar-refractivity contribution >= 4 is 0 Å². The molecule has 0 amide bonds. The molecule has 6 heteroatoms. The van der Waals surface area contributed by atoms with E-state index in [0.717, 1.165) is 5.56 Å². The first-order valence-corrected chi connectivity index (χ1v) is 10.2. The lowest BCUT2D eigenvalue weighted by Gasteiger charge is -2.19. The molecular formula is C24H34O6. The van der Waals surface area contributed by atoms with Crippen LogP contribution in [0, 0.1) is 6.92 Å². The van der Waals surface area contributed by atoms with Crippen LogP contribution >= 0.6 is 0 Å². The molecule has 0 spiro atoms. The minimum Gasteiger partial charge on any atom is -0.491 e. The van der Waals surface area contributed by atoms with E-state index in [1.54, 1.807) is 0 Å². The molecular weight excluding hydrogens is 384 g/mol. The molecule has 0 heterocycles. The third kappa shape index (κ3) is 9.13. The molecule has 166 valence electrons. The second-order valence-electron chi connectivity index (χ2n) is 8.38. The van der Waals surface area contributed by atoms with Gasteiger partial charge in [-0.1, -0.05) is 50.6 Å². The van der Waals surface area contributed by atoms with E-state index >= 15 is 0 Å². The van der Waals surface area contributed by atoms with Crippen LogP contribution < -0.4 is 9.47 Å². The van der Waals surface area contributed by atoms with Crippen molar-refractivity contribution in [2.45, 2.75) is 45.3 Å². The summed E-state index contributed by atoms with van der Waals surface area (Å²) in [7, 11) is 0. The average Bonchev–Trinajstić information content (AvgIpc) is 2.71. The Hall–Kier alpha value is -2.12. The molecule has 2 unspecified atom stereocenters. The Morgan fingerprint density at radius 1 is 0.700 bits per heavy atom. The summed E-state index contributed by atoms with van der Waals surface area (Å²) in [6.07, 6.45) is -1.54. The van der Waals surface area contributed by atoms with Crippen LogP contribution in [0.25, 0.3) is 0 Å². The topological polar surface area (TPSA) is 77.4 Å². The quantitative estimate of drug-likeness (QED) is 0.406. The van der Waals surface area contributed by atoms with E-state index in [9.17, 15) is 10.2 Å². The molecule has 0 aliphatic heterocycles. The average molecular weight is 419 g/mol. The van der Waals surface area contributed by atoms with Crippen LogP contribution in [0.5, 0.6) is 11.5 Å². The minimum absolute atomic E-state index is 0.0288. The van der Waals surface area contributed by atoms with Gasteiger partial charge in [-0.15, -0.1) is 0 Å². The molecule has 0 radical (unpaired) electrons. The number of rotatable bonds is 12. The molecule has 2 N–H and O–H groups in total. The highest BCUT2D eigenvalue weighted by Crippen LogP contribution is 2.24. The van der Waals surface area contributed by atoms with Crippen LogP contribution in [0.2, 0.25) is 0 Å².